The maximum atomic E-state index is 5.43. The first-order valence-electron chi connectivity index (χ1n) is 7.18. The van der Waals surface area contributed by atoms with Crippen LogP contribution in [0.5, 0.6) is 0 Å². The third-order valence-corrected chi connectivity index (χ3v) is 3.62. The summed E-state index contributed by atoms with van der Waals surface area (Å²) in [4.78, 5) is 4.55. The second-order valence-electron chi connectivity index (χ2n) is 5.16. The zero-order valence-corrected chi connectivity index (χ0v) is 11.9. The van der Waals surface area contributed by atoms with Gasteiger partial charge in [0.05, 0.1) is 23.0 Å². The predicted octanol–water partition coefficient (Wildman–Crippen LogP) is 2.21. The van der Waals surface area contributed by atoms with Crippen LogP contribution in [0.25, 0.3) is 11.5 Å². The van der Waals surface area contributed by atoms with Crippen molar-refractivity contribution in [2.45, 2.75) is 45.6 Å². The van der Waals surface area contributed by atoms with Crippen LogP contribution in [0.4, 0.5) is 0 Å². The van der Waals surface area contributed by atoms with E-state index in [1.165, 1.54) is 12.8 Å². The van der Waals surface area contributed by atoms with Crippen LogP contribution >= 0.6 is 0 Å². The smallest absolute Gasteiger partial charge is 0.259 e. The molecule has 0 radical (unpaired) electrons. The lowest BCUT2D eigenvalue weighted by Gasteiger charge is -2.19. The van der Waals surface area contributed by atoms with Crippen LogP contribution in [0.2, 0.25) is 0 Å². The Morgan fingerprint density at radius 2 is 2.25 bits per heavy atom. The summed E-state index contributed by atoms with van der Waals surface area (Å²) in [7, 11) is 0. The number of rotatable bonds is 3. The molecule has 2 aromatic rings. The van der Waals surface area contributed by atoms with Gasteiger partial charge in [-0.2, -0.15) is 15.2 Å². The Kier molecular flexibility index (Phi) is 3.73. The van der Waals surface area contributed by atoms with E-state index in [-0.39, 0.29) is 6.04 Å². The highest BCUT2D eigenvalue weighted by Gasteiger charge is 2.22. The molecule has 1 aliphatic heterocycles. The summed E-state index contributed by atoms with van der Waals surface area (Å²) in [6.07, 6.45) is 4.28. The number of hydrogen-bond donors (Lipinski definition) is 1. The van der Waals surface area contributed by atoms with Crippen molar-refractivity contribution in [2.24, 2.45) is 0 Å². The van der Waals surface area contributed by atoms with Crippen LogP contribution in [-0.2, 0) is 6.42 Å². The lowest BCUT2D eigenvalue weighted by molar-refractivity contribution is 0.367. The summed E-state index contributed by atoms with van der Waals surface area (Å²) < 4.78 is 5.43. The summed E-state index contributed by atoms with van der Waals surface area (Å²) in [6.45, 7) is 4.98. The quantitative estimate of drug-likeness (QED) is 0.924. The first-order chi connectivity index (χ1) is 9.78. The van der Waals surface area contributed by atoms with Crippen molar-refractivity contribution in [3.63, 3.8) is 0 Å². The molecule has 0 spiro atoms. The summed E-state index contributed by atoms with van der Waals surface area (Å²) in [5.74, 6) is 1.29. The van der Waals surface area contributed by atoms with Crippen molar-refractivity contribution in [1.82, 2.24) is 25.7 Å². The third kappa shape index (κ3) is 2.56. The molecule has 1 aliphatic rings. The van der Waals surface area contributed by atoms with Crippen molar-refractivity contribution < 1.29 is 4.52 Å². The molecule has 3 rings (SSSR count). The molecule has 1 N–H and O–H groups in total. The molecule has 2 aromatic heterocycles. The van der Waals surface area contributed by atoms with Crippen molar-refractivity contribution in [2.75, 3.05) is 6.54 Å². The van der Waals surface area contributed by atoms with E-state index in [1.807, 2.05) is 19.9 Å². The second kappa shape index (κ2) is 5.66. The van der Waals surface area contributed by atoms with E-state index in [4.69, 9.17) is 4.52 Å². The van der Waals surface area contributed by atoms with Crippen molar-refractivity contribution >= 4 is 0 Å². The number of hydrogen-bond acceptors (Lipinski definition) is 6. The van der Waals surface area contributed by atoms with E-state index in [0.29, 0.717) is 5.89 Å². The zero-order valence-electron chi connectivity index (χ0n) is 11.9. The van der Waals surface area contributed by atoms with Crippen LogP contribution in [-0.4, -0.2) is 26.9 Å². The number of aryl methyl sites for hydroxylation is 2. The van der Waals surface area contributed by atoms with Crippen LogP contribution in [0, 0.1) is 6.92 Å². The van der Waals surface area contributed by atoms with Gasteiger partial charge in [0, 0.05) is 0 Å². The highest BCUT2D eigenvalue weighted by molar-refractivity contribution is 5.56. The van der Waals surface area contributed by atoms with E-state index in [1.54, 1.807) is 0 Å². The molecule has 1 atom stereocenters. The topological polar surface area (TPSA) is 76.7 Å². The van der Waals surface area contributed by atoms with Gasteiger partial charge in [-0.25, -0.2) is 0 Å². The number of nitrogens with zero attached hydrogens (tertiary/aromatic N) is 4. The number of nitrogens with one attached hydrogen (secondary N) is 1. The van der Waals surface area contributed by atoms with Crippen LogP contribution in [0.1, 0.15) is 49.4 Å². The minimum atomic E-state index is 0.210. The molecular formula is C14H19N5O. The van der Waals surface area contributed by atoms with E-state index in [2.05, 4.69) is 25.7 Å². The minimum absolute atomic E-state index is 0.210. The molecule has 0 aliphatic carbocycles. The van der Waals surface area contributed by atoms with Gasteiger partial charge < -0.3 is 9.84 Å². The molecule has 1 saturated heterocycles. The van der Waals surface area contributed by atoms with Gasteiger partial charge in [-0.3, -0.25) is 0 Å². The normalized spacial score (nSPS) is 19.2. The molecule has 106 valence electrons. The summed E-state index contributed by atoms with van der Waals surface area (Å²) in [5.41, 5.74) is 2.64. The number of piperidine rings is 1. The number of aromatic nitrogens is 4. The summed E-state index contributed by atoms with van der Waals surface area (Å²) >= 11 is 0. The van der Waals surface area contributed by atoms with E-state index >= 15 is 0 Å². The average Bonchev–Trinajstić information content (AvgIpc) is 2.98. The Labute approximate surface area is 118 Å². The molecular weight excluding hydrogens is 254 g/mol. The Bertz CT molecular complexity index is 589. The molecule has 6 heteroatoms. The molecule has 0 saturated carbocycles. The fourth-order valence-corrected chi connectivity index (χ4v) is 2.52. The molecule has 1 fully saturated rings. The highest BCUT2D eigenvalue weighted by atomic mass is 16.5. The first kappa shape index (κ1) is 13.2. The van der Waals surface area contributed by atoms with Gasteiger partial charge in [0.1, 0.15) is 0 Å². The van der Waals surface area contributed by atoms with Gasteiger partial charge in [0.25, 0.3) is 5.89 Å². The van der Waals surface area contributed by atoms with Gasteiger partial charge in [0.15, 0.2) is 5.82 Å². The average molecular weight is 273 g/mol. The maximum absolute atomic E-state index is 5.43. The van der Waals surface area contributed by atoms with E-state index in [9.17, 15) is 0 Å². The predicted molar refractivity (Wildman–Crippen MR) is 74.0 cm³/mol. The highest BCUT2D eigenvalue weighted by Crippen LogP contribution is 2.25. The maximum Gasteiger partial charge on any atom is 0.259 e. The van der Waals surface area contributed by atoms with E-state index in [0.717, 1.165) is 42.2 Å². The Balaban J connectivity index is 1.91. The SMILES string of the molecule is CCc1nnc(C)cc1-c1nc(C2CCCCN2)no1. The first-order valence-corrected chi connectivity index (χ1v) is 7.18. The largest absolute Gasteiger partial charge is 0.334 e. The van der Waals surface area contributed by atoms with Crippen molar-refractivity contribution in [1.29, 1.82) is 0 Å². The fraction of sp³-hybridized carbons (Fsp3) is 0.571. The third-order valence-electron chi connectivity index (χ3n) is 3.62. The van der Waals surface area contributed by atoms with Crippen LogP contribution in [0.15, 0.2) is 10.6 Å². The van der Waals surface area contributed by atoms with Gasteiger partial charge in [-0.15, -0.1) is 0 Å². The summed E-state index contributed by atoms with van der Waals surface area (Å²) in [5, 5.41) is 15.8. The molecule has 0 aromatic carbocycles. The van der Waals surface area contributed by atoms with Gasteiger partial charge in [0.2, 0.25) is 0 Å². The minimum Gasteiger partial charge on any atom is -0.334 e. The van der Waals surface area contributed by atoms with E-state index < -0.39 is 0 Å². The monoisotopic (exact) mass is 273 g/mol. The van der Waals surface area contributed by atoms with Crippen LogP contribution in [0.3, 0.4) is 0 Å². The lowest BCUT2D eigenvalue weighted by Crippen LogP contribution is -2.27. The molecule has 1 unspecified atom stereocenters. The fourth-order valence-electron chi connectivity index (χ4n) is 2.52. The molecule has 20 heavy (non-hydrogen) atoms. The lowest BCUT2D eigenvalue weighted by atomic mass is 10.0. The van der Waals surface area contributed by atoms with Gasteiger partial charge in [-0.05, 0) is 38.8 Å². The van der Waals surface area contributed by atoms with Gasteiger partial charge in [-0.1, -0.05) is 18.5 Å². The van der Waals surface area contributed by atoms with Crippen LogP contribution < -0.4 is 5.32 Å². The zero-order chi connectivity index (χ0) is 13.9. The Hall–Kier alpha value is -1.82. The Morgan fingerprint density at radius 3 is 3.00 bits per heavy atom. The standard InChI is InChI=1S/C14H19N5O/c1-3-11-10(8-9(2)17-18-11)14-16-13(19-20-14)12-6-4-5-7-15-12/h8,12,15H,3-7H2,1-2H3. The second-order valence-corrected chi connectivity index (χ2v) is 5.16. The summed E-state index contributed by atoms with van der Waals surface area (Å²) in [6, 6.07) is 2.17. The molecule has 6 nitrogen and oxygen atoms in total. The van der Waals surface area contributed by atoms with Crippen molar-refractivity contribution in [3.05, 3.63) is 23.3 Å². The molecule has 0 amide bonds. The van der Waals surface area contributed by atoms with Crippen molar-refractivity contribution in [3.8, 4) is 11.5 Å². The Morgan fingerprint density at radius 1 is 1.35 bits per heavy atom. The molecule has 0 bridgehead atoms. The molecule has 3 heterocycles. The van der Waals surface area contributed by atoms with Gasteiger partial charge >= 0.3 is 0 Å².